The predicted octanol–water partition coefficient (Wildman–Crippen LogP) is 2.15. The molecule has 2 aromatic heterocycles. The molecule has 0 atom stereocenters. The van der Waals surface area contributed by atoms with Crippen molar-refractivity contribution in [1.82, 2.24) is 14.9 Å². The number of nitrogens with one attached hydrogen (secondary N) is 1. The molecule has 1 aromatic carbocycles. The Hall–Kier alpha value is -3.43. The first-order chi connectivity index (χ1) is 13.0. The van der Waals surface area contributed by atoms with Gasteiger partial charge in [0.2, 0.25) is 11.8 Å². The van der Waals surface area contributed by atoms with Gasteiger partial charge in [0.1, 0.15) is 5.76 Å². The number of benzene rings is 1. The van der Waals surface area contributed by atoms with Crippen LogP contribution in [0.4, 0.5) is 5.69 Å². The first-order valence-corrected chi connectivity index (χ1v) is 8.46. The van der Waals surface area contributed by atoms with Crippen LogP contribution in [0.2, 0.25) is 0 Å². The van der Waals surface area contributed by atoms with E-state index in [-0.39, 0.29) is 36.7 Å². The van der Waals surface area contributed by atoms with E-state index < -0.39 is 10.7 Å². The minimum atomic E-state index is -0.613. The summed E-state index contributed by atoms with van der Waals surface area (Å²) < 4.78 is 11.8. The standard InChI is InChI=1S/C17H18N4O6/c1-2-12-9-19-16(26-12)10-18-15(22)4-3-7-20-13-6-5-11(21(24)25)8-14(13)27-17(20)23/h5-6,8-9H,2-4,7,10H2,1H3,(H,18,22). The Morgan fingerprint density at radius 1 is 1.37 bits per heavy atom. The number of aryl methyl sites for hydroxylation is 2. The van der Waals surface area contributed by atoms with Crippen LogP contribution in [-0.4, -0.2) is 20.4 Å². The highest BCUT2D eigenvalue weighted by Gasteiger charge is 2.14. The summed E-state index contributed by atoms with van der Waals surface area (Å²) in [7, 11) is 0. The van der Waals surface area contributed by atoms with Crippen LogP contribution in [0.5, 0.6) is 0 Å². The molecule has 3 aromatic rings. The van der Waals surface area contributed by atoms with Crippen LogP contribution in [0.25, 0.3) is 11.1 Å². The maximum atomic E-state index is 11.9. The number of carbonyl (C=O) groups is 1. The largest absolute Gasteiger partial charge is 0.444 e. The van der Waals surface area contributed by atoms with E-state index in [2.05, 4.69) is 10.3 Å². The number of amides is 1. The molecule has 0 bridgehead atoms. The zero-order chi connectivity index (χ0) is 19.4. The average molecular weight is 374 g/mol. The Balaban J connectivity index is 1.55. The van der Waals surface area contributed by atoms with E-state index in [0.717, 1.165) is 12.2 Å². The number of non-ortho nitro benzene ring substituents is 1. The Morgan fingerprint density at radius 2 is 2.19 bits per heavy atom. The molecule has 0 unspecified atom stereocenters. The van der Waals surface area contributed by atoms with Crippen molar-refractivity contribution in [1.29, 1.82) is 0 Å². The van der Waals surface area contributed by atoms with Gasteiger partial charge in [-0.1, -0.05) is 6.92 Å². The van der Waals surface area contributed by atoms with E-state index in [9.17, 15) is 19.7 Å². The SMILES string of the molecule is CCc1cnc(CNC(=O)CCCn2c(=O)oc3cc([N+](=O)[O-])ccc32)o1. The van der Waals surface area contributed by atoms with Crippen LogP contribution in [0.3, 0.4) is 0 Å². The van der Waals surface area contributed by atoms with Gasteiger partial charge in [0.15, 0.2) is 5.58 Å². The van der Waals surface area contributed by atoms with E-state index in [4.69, 9.17) is 8.83 Å². The van der Waals surface area contributed by atoms with Gasteiger partial charge in [-0.15, -0.1) is 0 Å². The highest BCUT2D eigenvalue weighted by Crippen LogP contribution is 2.20. The molecular formula is C17H18N4O6. The van der Waals surface area contributed by atoms with Gasteiger partial charge in [0.05, 0.1) is 29.2 Å². The second kappa shape index (κ2) is 7.85. The number of nitrogens with zero attached hydrogens (tertiary/aromatic N) is 3. The lowest BCUT2D eigenvalue weighted by Crippen LogP contribution is -2.23. The molecule has 27 heavy (non-hydrogen) atoms. The first kappa shape index (κ1) is 18.4. The van der Waals surface area contributed by atoms with E-state index in [1.54, 1.807) is 6.20 Å². The topological polar surface area (TPSA) is 133 Å². The molecule has 0 aliphatic heterocycles. The van der Waals surface area contributed by atoms with Crippen molar-refractivity contribution < 1.29 is 18.6 Å². The summed E-state index contributed by atoms with van der Waals surface area (Å²) >= 11 is 0. The lowest BCUT2D eigenvalue weighted by atomic mass is 10.2. The van der Waals surface area contributed by atoms with Gasteiger partial charge in [0, 0.05) is 25.5 Å². The van der Waals surface area contributed by atoms with E-state index in [1.807, 2.05) is 6.92 Å². The van der Waals surface area contributed by atoms with Crippen molar-refractivity contribution in [3.05, 3.63) is 56.7 Å². The van der Waals surface area contributed by atoms with Crippen molar-refractivity contribution in [2.24, 2.45) is 0 Å². The van der Waals surface area contributed by atoms with Gasteiger partial charge in [-0.25, -0.2) is 9.78 Å². The highest BCUT2D eigenvalue weighted by atomic mass is 16.6. The number of fused-ring (bicyclic) bond motifs is 1. The number of oxazole rings is 2. The monoisotopic (exact) mass is 374 g/mol. The molecule has 0 radical (unpaired) electrons. The fraction of sp³-hybridized carbons (Fsp3) is 0.353. The molecule has 1 N–H and O–H groups in total. The molecule has 0 aliphatic rings. The van der Waals surface area contributed by atoms with Gasteiger partial charge < -0.3 is 14.2 Å². The van der Waals surface area contributed by atoms with Gasteiger partial charge >= 0.3 is 5.76 Å². The molecule has 0 spiro atoms. The van der Waals surface area contributed by atoms with Crippen LogP contribution >= 0.6 is 0 Å². The Kier molecular flexibility index (Phi) is 5.34. The zero-order valence-corrected chi connectivity index (χ0v) is 14.6. The average Bonchev–Trinajstić information content (AvgIpc) is 3.23. The molecule has 2 heterocycles. The van der Waals surface area contributed by atoms with Gasteiger partial charge in [0.25, 0.3) is 5.69 Å². The van der Waals surface area contributed by atoms with Crippen LogP contribution in [0.15, 0.2) is 38.0 Å². The number of nitro benzene ring substituents is 1. The van der Waals surface area contributed by atoms with Gasteiger partial charge in [-0.3, -0.25) is 19.5 Å². The molecule has 0 saturated carbocycles. The lowest BCUT2D eigenvalue weighted by molar-refractivity contribution is -0.384. The zero-order valence-electron chi connectivity index (χ0n) is 14.6. The normalized spacial score (nSPS) is 11.0. The Labute approximate surface area is 152 Å². The van der Waals surface area contributed by atoms with Crippen molar-refractivity contribution in [2.75, 3.05) is 0 Å². The number of carbonyl (C=O) groups excluding carboxylic acids is 1. The van der Waals surface area contributed by atoms with Crippen LogP contribution in [0, 0.1) is 10.1 Å². The van der Waals surface area contributed by atoms with Crippen molar-refractivity contribution >= 4 is 22.7 Å². The molecule has 0 fully saturated rings. The third-order valence-corrected chi connectivity index (χ3v) is 4.03. The van der Waals surface area contributed by atoms with Crippen molar-refractivity contribution in [2.45, 2.75) is 39.3 Å². The molecule has 10 heteroatoms. The Morgan fingerprint density at radius 3 is 2.89 bits per heavy atom. The number of hydrogen-bond donors (Lipinski definition) is 1. The smallest absolute Gasteiger partial charge is 0.419 e. The van der Waals surface area contributed by atoms with Gasteiger partial charge in [-0.2, -0.15) is 0 Å². The highest BCUT2D eigenvalue weighted by molar-refractivity contribution is 5.76. The van der Waals surface area contributed by atoms with Crippen molar-refractivity contribution in [3.8, 4) is 0 Å². The molecule has 1 amide bonds. The van der Waals surface area contributed by atoms with E-state index in [0.29, 0.717) is 17.8 Å². The van der Waals surface area contributed by atoms with Crippen molar-refractivity contribution in [3.63, 3.8) is 0 Å². The fourth-order valence-corrected chi connectivity index (χ4v) is 2.63. The fourth-order valence-electron chi connectivity index (χ4n) is 2.63. The summed E-state index contributed by atoms with van der Waals surface area (Å²) in [6, 6.07) is 3.98. The molecular weight excluding hydrogens is 356 g/mol. The predicted molar refractivity (Wildman–Crippen MR) is 94.1 cm³/mol. The second-order valence-corrected chi connectivity index (χ2v) is 5.88. The van der Waals surface area contributed by atoms with Crippen LogP contribution in [0.1, 0.15) is 31.4 Å². The summed E-state index contributed by atoms with van der Waals surface area (Å²) in [5.74, 6) is 0.394. The molecule has 142 valence electrons. The van der Waals surface area contributed by atoms with Gasteiger partial charge in [-0.05, 0) is 12.5 Å². The number of hydrogen-bond acceptors (Lipinski definition) is 7. The maximum absolute atomic E-state index is 11.9. The molecule has 10 nitrogen and oxygen atoms in total. The second-order valence-electron chi connectivity index (χ2n) is 5.88. The molecule has 3 rings (SSSR count). The Bertz CT molecular complexity index is 1030. The summed E-state index contributed by atoms with van der Waals surface area (Å²) in [5.41, 5.74) is 0.452. The third kappa shape index (κ3) is 4.22. The molecule has 0 aliphatic carbocycles. The summed E-state index contributed by atoms with van der Waals surface area (Å²) in [5, 5.41) is 13.5. The number of rotatable bonds is 8. The third-order valence-electron chi connectivity index (χ3n) is 4.03. The first-order valence-electron chi connectivity index (χ1n) is 8.46. The van der Waals surface area contributed by atoms with E-state index >= 15 is 0 Å². The summed E-state index contributed by atoms with van der Waals surface area (Å²) in [4.78, 5) is 38.2. The maximum Gasteiger partial charge on any atom is 0.419 e. The minimum absolute atomic E-state index is 0.147. The minimum Gasteiger partial charge on any atom is -0.444 e. The van der Waals surface area contributed by atoms with Crippen LogP contribution < -0.4 is 11.1 Å². The number of nitro groups is 1. The summed E-state index contributed by atoms with van der Waals surface area (Å²) in [6.45, 7) is 2.41. The van der Waals surface area contributed by atoms with Crippen LogP contribution in [-0.2, 0) is 24.3 Å². The number of aromatic nitrogens is 2. The lowest BCUT2D eigenvalue weighted by Gasteiger charge is -2.04. The quantitative estimate of drug-likeness (QED) is 0.471. The van der Waals surface area contributed by atoms with E-state index in [1.165, 1.54) is 22.8 Å². The summed E-state index contributed by atoms with van der Waals surface area (Å²) in [6.07, 6.45) is 2.97. The molecule has 0 saturated heterocycles.